The second-order valence-corrected chi connectivity index (χ2v) is 20.0. The fourth-order valence-corrected chi connectivity index (χ4v) is 10.0. The molecule has 0 aliphatic heterocycles. The zero-order valence-electron chi connectivity index (χ0n) is 17.3. The molecule has 158 valence electrons. The highest BCUT2D eigenvalue weighted by atomic mass is 29.2. The Morgan fingerprint density at radius 3 is 2.15 bits per heavy atom. The molecule has 0 aliphatic rings. The first-order valence-electron chi connectivity index (χ1n) is 8.63. The first kappa shape index (κ1) is 27.3. The maximum absolute atomic E-state index is 12.0. The van der Waals surface area contributed by atoms with Crippen molar-refractivity contribution in [2.75, 3.05) is 35.0 Å². The van der Waals surface area contributed by atoms with Crippen LogP contribution in [0.25, 0.3) is 0 Å². The van der Waals surface area contributed by atoms with Crippen molar-refractivity contribution in [3.8, 4) is 0 Å². The molecule has 0 aromatic carbocycles. The Labute approximate surface area is 171 Å². The number of hydrogen-bond donors (Lipinski definition) is 0. The fourth-order valence-electron chi connectivity index (χ4n) is 1.90. The van der Waals surface area contributed by atoms with E-state index in [2.05, 4.69) is 0 Å². The van der Waals surface area contributed by atoms with Crippen LogP contribution in [0.4, 0.5) is 0 Å². The first-order valence-corrected chi connectivity index (χ1v) is 18.7. The smallest absolute Gasteiger partial charge is 0.466 e. The third kappa shape index (κ3) is 12.4. The van der Waals surface area contributed by atoms with Gasteiger partial charge in [0.15, 0.2) is 0 Å². The van der Waals surface area contributed by atoms with Crippen LogP contribution in [0.1, 0.15) is 12.8 Å². The predicted octanol–water partition coefficient (Wildman–Crippen LogP) is 1.01. The second-order valence-electron chi connectivity index (χ2n) is 6.07. The van der Waals surface area contributed by atoms with Crippen molar-refractivity contribution in [1.29, 1.82) is 0 Å². The summed E-state index contributed by atoms with van der Waals surface area (Å²) in [7, 11) is 0.376. The van der Waals surface area contributed by atoms with E-state index in [9.17, 15) is 4.79 Å². The molecule has 0 heterocycles. The Morgan fingerprint density at radius 2 is 1.63 bits per heavy atom. The number of ether oxygens (including phenoxy) is 1. The summed E-state index contributed by atoms with van der Waals surface area (Å²) < 4.78 is 42.5. The lowest BCUT2D eigenvalue weighted by Crippen LogP contribution is -2.44. The van der Waals surface area contributed by atoms with E-state index in [4.69, 9.17) is 35.7 Å². The van der Waals surface area contributed by atoms with E-state index in [-0.39, 0.29) is 25.3 Å². The molecule has 0 rings (SSSR count). The molecule has 0 bridgehead atoms. The van der Waals surface area contributed by atoms with Crippen molar-refractivity contribution in [3.63, 3.8) is 0 Å². The molecule has 0 amide bonds. The molecule has 1 unspecified atom stereocenters. The molecule has 0 fully saturated rings. The molecule has 14 heteroatoms. The Hall–Kier alpha value is 0.274. The van der Waals surface area contributed by atoms with Crippen LogP contribution in [-0.4, -0.2) is 86.0 Å². The molecule has 0 saturated heterocycles. The maximum atomic E-state index is 12.0. The molecule has 0 aliphatic carbocycles. The van der Waals surface area contributed by atoms with E-state index in [0.29, 0.717) is 31.5 Å². The van der Waals surface area contributed by atoms with E-state index < -0.39 is 25.7 Å². The zero-order valence-corrected chi connectivity index (χ0v) is 22.4. The van der Waals surface area contributed by atoms with Gasteiger partial charge in [0.1, 0.15) is 0 Å². The molecule has 0 spiro atoms. The highest BCUT2D eigenvalue weighted by Gasteiger charge is 2.37. The molecule has 0 aromatic heterocycles. The Balaban J connectivity index is 4.04. The number of carbonyl (C=O) groups is 1. The highest BCUT2D eigenvalue weighted by molar-refractivity contribution is 7.19. The van der Waals surface area contributed by atoms with Crippen LogP contribution in [0.15, 0.2) is 0 Å². The summed E-state index contributed by atoms with van der Waals surface area (Å²) in [5.41, 5.74) is 0. The van der Waals surface area contributed by atoms with Crippen molar-refractivity contribution < 1.29 is 40.5 Å². The zero-order chi connectivity index (χ0) is 20.8. The molecule has 0 aromatic rings. The SMILES string of the molecule is CO[Si](CCCOC(=O)CC[Si](C)(OC)[Si]O[Si]OO[SiH](C)C)(OC)OC. The van der Waals surface area contributed by atoms with Gasteiger partial charge in [-0.15, -0.1) is 0 Å². The summed E-state index contributed by atoms with van der Waals surface area (Å²) in [5.74, 6) is -0.247. The largest absolute Gasteiger partial charge is 0.500 e. The van der Waals surface area contributed by atoms with Gasteiger partial charge < -0.3 is 26.6 Å². The van der Waals surface area contributed by atoms with E-state index in [1.54, 1.807) is 28.4 Å². The van der Waals surface area contributed by atoms with Crippen LogP contribution in [0.5, 0.6) is 0 Å². The lowest BCUT2D eigenvalue weighted by atomic mass is 10.5. The highest BCUT2D eigenvalue weighted by Crippen LogP contribution is 2.16. The number of hydrogen-bond acceptors (Lipinski definition) is 9. The van der Waals surface area contributed by atoms with Crippen LogP contribution in [0, 0.1) is 0 Å². The van der Waals surface area contributed by atoms with Crippen LogP contribution >= 0.6 is 0 Å². The van der Waals surface area contributed by atoms with Gasteiger partial charge in [-0.2, -0.15) is 0 Å². The first-order chi connectivity index (χ1) is 12.8. The minimum absolute atomic E-state index is 0.161. The molecule has 27 heavy (non-hydrogen) atoms. The van der Waals surface area contributed by atoms with Gasteiger partial charge in [-0.1, -0.05) is 0 Å². The van der Waals surface area contributed by atoms with Crippen molar-refractivity contribution >= 4 is 50.9 Å². The third-order valence-corrected chi connectivity index (χ3v) is 14.2. The topological polar surface area (TPSA) is 90.9 Å². The minimum atomic E-state index is -2.61. The van der Waals surface area contributed by atoms with Gasteiger partial charge in [-0.05, 0) is 32.1 Å². The maximum Gasteiger partial charge on any atom is 0.500 e. The van der Waals surface area contributed by atoms with Crippen LogP contribution in [0.3, 0.4) is 0 Å². The quantitative estimate of drug-likeness (QED) is 0.101. The lowest BCUT2D eigenvalue weighted by Gasteiger charge is -2.24. The average molecular weight is 473 g/mol. The average Bonchev–Trinajstić information content (AvgIpc) is 2.66. The fraction of sp³-hybridized carbons (Fsp3) is 0.923. The normalized spacial score (nSPS) is 14.4. The lowest BCUT2D eigenvalue weighted by molar-refractivity contribution is -0.143. The number of carbonyl (C=O) groups excluding carboxylic acids is 1. The summed E-state index contributed by atoms with van der Waals surface area (Å²) in [6.07, 6.45) is 0.919. The van der Waals surface area contributed by atoms with Gasteiger partial charge in [0, 0.05) is 40.9 Å². The number of rotatable bonds is 17. The van der Waals surface area contributed by atoms with E-state index in [1.165, 1.54) is 0 Å². The van der Waals surface area contributed by atoms with E-state index in [1.807, 2.05) is 19.6 Å². The minimum Gasteiger partial charge on any atom is -0.466 e. The van der Waals surface area contributed by atoms with Crippen molar-refractivity contribution in [2.45, 2.75) is 44.6 Å². The molecule has 0 saturated carbocycles. The molecule has 4 radical (unpaired) electrons. The van der Waals surface area contributed by atoms with Gasteiger partial charge in [0.2, 0.25) is 26.2 Å². The van der Waals surface area contributed by atoms with E-state index in [0.717, 1.165) is 0 Å². The summed E-state index contributed by atoms with van der Waals surface area (Å²) in [5, 5.41) is 0. The monoisotopic (exact) mass is 472 g/mol. The van der Waals surface area contributed by atoms with Crippen LogP contribution in [-0.2, 0) is 40.5 Å². The van der Waals surface area contributed by atoms with E-state index >= 15 is 0 Å². The Bertz CT molecular complexity index is 392. The third-order valence-electron chi connectivity index (χ3n) is 3.66. The standard InChI is InChI=1S/C13H32O9Si5/c1-15-26(7,24-22-23-20-21-25(5)6)12-9-13(14)19-10-8-11-27(16-2,17-3)18-4/h25H,8-12H2,1-7H3. The summed E-state index contributed by atoms with van der Waals surface area (Å²) in [4.78, 5) is 12.0. The summed E-state index contributed by atoms with van der Waals surface area (Å²) in [6, 6.07) is 1.21. The number of esters is 1. The Kier molecular flexibility index (Phi) is 15.3. The molecule has 9 nitrogen and oxygen atoms in total. The summed E-state index contributed by atoms with van der Waals surface area (Å²) in [6.45, 7) is 6.35. The Morgan fingerprint density at radius 1 is 1.00 bits per heavy atom. The predicted molar refractivity (Wildman–Crippen MR) is 109 cm³/mol. The van der Waals surface area contributed by atoms with Gasteiger partial charge >= 0.3 is 24.8 Å². The van der Waals surface area contributed by atoms with Gasteiger partial charge in [-0.3, -0.25) is 13.9 Å². The van der Waals surface area contributed by atoms with Crippen molar-refractivity contribution in [3.05, 3.63) is 0 Å². The van der Waals surface area contributed by atoms with Gasteiger partial charge in [0.05, 0.1) is 6.61 Å². The molecular weight excluding hydrogens is 441 g/mol. The van der Waals surface area contributed by atoms with Crippen molar-refractivity contribution in [1.82, 2.24) is 0 Å². The summed E-state index contributed by atoms with van der Waals surface area (Å²) >= 11 is 0. The molecule has 0 N–H and O–H groups in total. The van der Waals surface area contributed by atoms with Crippen LogP contribution in [0.2, 0.25) is 31.7 Å². The second kappa shape index (κ2) is 15.2. The van der Waals surface area contributed by atoms with Crippen LogP contribution < -0.4 is 0 Å². The van der Waals surface area contributed by atoms with Gasteiger partial charge in [0.25, 0.3) is 0 Å². The van der Waals surface area contributed by atoms with Gasteiger partial charge in [-0.25, -0.2) is 0 Å². The molecular formula is C13H32O9Si5. The molecule has 1 atom stereocenters. The van der Waals surface area contributed by atoms with Crippen molar-refractivity contribution in [2.24, 2.45) is 0 Å².